The summed E-state index contributed by atoms with van der Waals surface area (Å²) in [6, 6.07) is 9.12. The van der Waals surface area contributed by atoms with Gasteiger partial charge in [-0.2, -0.15) is 5.10 Å². The fourth-order valence-electron chi connectivity index (χ4n) is 3.43. The lowest BCUT2D eigenvalue weighted by Gasteiger charge is -2.19. The van der Waals surface area contributed by atoms with E-state index in [2.05, 4.69) is 26.3 Å². The minimum Gasteiger partial charge on any atom is -0.493 e. The highest BCUT2D eigenvalue weighted by Gasteiger charge is 2.25. The Hall–Kier alpha value is -3.54. The molecule has 1 unspecified atom stereocenters. The first-order chi connectivity index (χ1) is 16.6. The number of H-pyrrole nitrogens is 1. The molecule has 0 saturated carbocycles. The van der Waals surface area contributed by atoms with Gasteiger partial charge in [0.15, 0.2) is 18.1 Å². The maximum Gasteiger partial charge on any atom is 0.258 e. The summed E-state index contributed by atoms with van der Waals surface area (Å²) in [6.45, 7) is 3.15. The average Bonchev–Trinajstić information content (AvgIpc) is 3.44. The van der Waals surface area contributed by atoms with Crippen molar-refractivity contribution in [1.29, 1.82) is 0 Å². The van der Waals surface area contributed by atoms with E-state index in [1.54, 1.807) is 37.2 Å². The molecule has 1 aliphatic rings. The highest BCUT2D eigenvalue weighted by atomic mass is 35.5. The van der Waals surface area contributed by atoms with Crippen LogP contribution >= 0.6 is 11.6 Å². The first-order valence-corrected chi connectivity index (χ1v) is 11.3. The van der Waals surface area contributed by atoms with Crippen LogP contribution < -0.4 is 25.5 Å². The molecule has 0 fully saturated rings. The van der Waals surface area contributed by atoms with Gasteiger partial charge in [0.2, 0.25) is 5.96 Å². The number of aliphatic hydroxyl groups is 1. The Labute approximate surface area is 207 Å². The molecule has 0 radical (unpaired) electrons. The van der Waals surface area contributed by atoms with Crippen LogP contribution in [0.15, 0.2) is 41.5 Å². The maximum atomic E-state index is 12.0. The second kappa shape index (κ2) is 9.98. The quantitative estimate of drug-likeness (QED) is 0.317. The van der Waals surface area contributed by atoms with Crippen molar-refractivity contribution in [3.8, 4) is 11.5 Å². The largest absolute Gasteiger partial charge is 0.493 e. The fourth-order valence-corrected chi connectivity index (χ4v) is 3.69. The van der Waals surface area contributed by atoms with E-state index in [1.165, 1.54) is 7.11 Å². The number of rotatable bonds is 8. The number of hydrazine groups is 1. The highest BCUT2D eigenvalue weighted by Crippen LogP contribution is 2.33. The second-order valence-corrected chi connectivity index (χ2v) is 9.09. The lowest BCUT2D eigenvalue weighted by Crippen LogP contribution is -2.40. The minimum absolute atomic E-state index is 0.127. The third-order valence-electron chi connectivity index (χ3n) is 5.27. The van der Waals surface area contributed by atoms with Crippen LogP contribution in [-0.4, -0.2) is 65.1 Å². The number of aromatic nitrogens is 2. The normalized spacial score (nSPS) is 15.8. The van der Waals surface area contributed by atoms with Crippen molar-refractivity contribution in [3.63, 3.8) is 0 Å². The zero-order valence-electron chi connectivity index (χ0n) is 19.8. The molecule has 2 aromatic carbocycles. The van der Waals surface area contributed by atoms with E-state index in [1.807, 2.05) is 25.2 Å². The smallest absolute Gasteiger partial charge is 0.258 e. The highest BCUT2D eigenvalue weighted by molar-refractivity contribution is 6.38. The van der Waals surface area contributed by atoms with Gasteiger partial charge >= 0.3 is 0 Å². The number of nitrogens with one attached hydrogen (secondary N) is 4. The molecular weight excluding hydrogens is 474 g/mol. The van der Waals surface area contributed by atoms with Crippen molar-refractivity contribution in [2.45, 2.75) is 25.6 Å². The maximum absolute atomic E-state index is 12.0. The van der Waals surface area contributed by atoms with Crippen LogP contribution in [0.25, 0.3) is 10.9 Å². The van der Waals surface area contributed by atoms with Gasteiger partial charge in [-0.15, -0.1) is 0 Å². The predicted octanol–water partition coefficient (Wildman–Crippen LogP) is 2.41. The summed E-state index contributed by atoms with van der Waals surface area (Å²) >= 11 is 6.53. The van der Waals surface area contributed by atoms with Crippen molar-refractivity contribution in [2.24, 2.45) is 4.99 Å². The van der Waals surface area contributed by atoms with Gasteiger partial charge < -0.3 is 25.2 Å². The molecule has 3 aromatic rings. The number of benzene rings is 2. The molecule has 35 heavy (non-hydrogen) atoms. The SMILES string of the molecule is COc1cc(C2N=C(Nc3ccc4[nH]ncc4c3Cl)N(C)N2)ccc1OCC(=O)NCC(C)(C)O. The molecule has 5 N–H and O–H groups in total. The molecule has 12 heteroatoms. The van der Waals surface area contributed by atoms with Gasteiger partial charge in [0.25, 0.3) is 5.91 Å². The summed E-state index contributed by atoms with van der Waals surface area (Å²) in [6.07, 6.45) is 1.30. The summed E-state index contributed by atoms with van der Waals surface area (Å²) in [5.74, 6) is 1.13. The van der Waals surface area contributed by atoms with Gasteiger partial charge in [0.05, 0.1) is 35.1 Å². The number of anilines is 1. The van der Waals surface area contributed by atoms with E-state index >= 15 is 0 Å². The Morgan fingerprint density at radius 2 is 2.09 bits per heavy atom. The molecule has 1 aliphatic heterocycles. The molecule has 1 aromatic heterocycles. The van der Waals surface area contributed by atoms with Crippen molar-refractivity contribution < 1.29 is 19.4 Å². The molecule has 0 spiro atoms. The Balaban J connectivity index is 1.44. The number of fused-ring (bicyclic) bond motifs is 1. The van der Waals surface area contributed by atoms with Gasteiger partial charge in [0, 0.05) is 19.0 Å². The van der Waals surface area contributed by atoms with E-state index < -0.39 is 5.60 Å². The van der Waals surface area contributed by atoms with E-state index in [9.17, 15) is 9.90 Å². The number of aliphatic imine (C=N–C) groups is 1. The zero-order valence-corrected chi connectivity index (χ0v) is 20.6. The van der Waals surface area contributed by atoms with Crippen molar-refractivity contribution in [3.05, 3.63) is 47.1 Å². The van der Waals surface area contributed by atoms with Gasteiger partial charge in [0.1, 0.15) is 6.17 Å². The number of amides is 1. The first-order valence-electron chi connectivity index (χ1n) is 10.9. The van der Waals surface area contributed by atoms with Gasteiger partial charge in [-0.05, 0) is 43.7 Å². The van der Waals surface area contributed by atoms with Crippen LogP contribution in [0.1, 0.15) is 25.6 Å². The molecule has 4 rings (SSSR count). The first kappa shape index (κ1) is 24.6. The fraction of sp³-hybridized carbons (Fsp3) is 0.348. The molecule has 1 amide bonds. The van der Waals surface area contributed by atoms with Gasteiger partial charge in [-0.25, -0.2) is 10.4 Å². The van der Waals surface area contributed by atoms with E-state index in [0.717, 1.165) is 16.5 Å². The number of nitrogens with zero attached hydrogens (tertiary/aromatic N) is 3. The van der Waals surface area contributed by atoms with Crippen molar-refractivity contribution in [1.82, 2.24) is 25.9 Å². The number of hydrogen-bond donors (Lipinski definition) is 5. The Kier molecular flexibility index (Phi) is 7.01. The van der Waals surface area contributed by atoms with Gasteiger partial charge in [-0.1, -0.05) is 17.7 Å². The third-order valence-corrected chi connectivity index (χ3v) is 5.68. The predicted molar refractivity (Wildman–Crippen MR) is 134 cm³/mol. The third kappa shape index (κ3) is 5.76. The molecule has 0 saturated heterocycles. The number of methoxy groups -OCH3 is 1. The Bertz CT molecular complexity index is 1250. The van der Waals surface area contributed by atoms with Crippen molar-refractivity contribution >= 4 is 40.1 Å². The monoisotopic (exact) mass is 501 g/mol. The molecular formula is C23H28ClN7O4. The van der Waals surface area contributed by atoms with Crippen LogP contribution in [-0.2, 0) is 4.79 Å². The van der Waals surface area contributed by atoms with Gasteiger partial charge in [-0.3, -0.25) is 14.9 Å². The van der Waals surface area contributed by atoms with Crippen LogP contribution in [0.2, 0.25) is 5.02 Å². The molecule has 186 valence electrons. The topological polar surface area (TPSA) is 136 Å². The average molecular weight is 502 g/mol. The van der Waals surface area contributed by atoms with Crippen LogP contribution in [0.5, 0.6) is 11.5 Å². The van der Waals surface area contributed by atoms with E-state index in [0.29, 0.717) is 28.2 Å². The summed E-state index contributed by atoms with van der Waals surface area (Å²) in [4.78, 5) is 16.7. The number of hydrogen-bond acceptors (Lipinski definition) is 9. The molecule has 11 nitrogen and oxygen atoms in total. The molecule has 0 bridgehead atoms. The number of carbonyl (C=O) groups is 1. The van der Waals surface area contributed by atoms with E-state index in [4.69, 9.17) is 26.1 Å². The number of ether oxygens (including phenoxy) is 2. The zero-order chi connectivity index (χ0) is 25.2. The summed E-state index contributed by atoms with van der Waals surface area (Å²) in [5.41, 5.74) is 4.66. The number of halogens is 1. The molecule has 1 atom stereocenters. The number of guanidine groups is 1. The summed E-state index contributed by atoms with van der Waals surface area (Å²) < 4.78 is 11.1. The summed E-state index contributed by atoms with van der Waals surface area (Å²) in [7, 11) is 3.37. The van der Waals surface area contributed by atoms with Crippen LogP contribution in [0.4, 0.5) is 5.69 Å². The minimum atomic E-state index is -0.998. The van der Waals surface area contributed by atoms with Crippen molar-refractivity contribution in [2.75, 3.05) is 32.6 Å². The molecule has 2 heterocycles. The number of carbonyl (C=O) groups excluding carboxylic acids is 1. The van der Waals surface area contributed by atoms with Crippen LogP contribution in [0.3, 0.4) is 0 Å². The lowest BCUT2D eigenvalue weighted by atomic mass is 10.1. The molecule has 0 aliphatic carbocycles. The Morgan fingerprint density at radius 1 is 1.29 bits per heavy atom. The lowest BCUT2D eigenvalue weighted by molar-refractivity contribution is -0.124. The standard InChI is InChI=1S/C23H28ClN7O4/c1-23(2,33)12-25-19(32)11-35-17-8-5-13(9-18(17)34-4)21-28-22(31(3)30-21)27-16-7-6-15-14(20(16)24)10-26-29-15/h5-10,21,30,33H,11-12H2,1-4H3,(H,25,32)(H,26,29)(H,27,28). The summed E-state index contributed by atoms with van der Waals surface area (Å²) in [5, 5.41) is 25.6. The van der Waals surface area contributed by atoms with Crippen LogP contribution in [0, 0.1) is 0 Å². The number of aromatic amines is 1. The van der Waals surface area contributed by atoms with E-state index in [-0.39, 0.29) is 25.2 Å². The Morgan fingerprint density at radius 3 is 2.83 bits per heavy atom. The second-order valence-electron chi connectivity index (χ2n) is 8.71.